The van der Waals surface area contributed by atoms with Crippen molar-refractivity contribution >= 4 is 23.8 Å². The van der Waals surface area contributed by atoms with Gasteiger partial charge in [-0.2, -0.15) is 0 Å². The smallest absolute Gasteiger partial charge is 0.232 e. The summed E-state index contributed by atoms with van der Waals surface area (Å²) in [7, 11) is 0. The van der Waals surface area contributed by atoms with Crippen LogP contribution in [0.4, 0.5) is 0 Å². The van der Waals surface area contributed by atoms with E-state index in [2.05, 4.69) is 44.3 Å². The quantitative estimate of drug-likeness (QED) is 0.463. The van der Waals surface area contributed by atoms with Crippen molar-refractivity contribution in [3.8, 4) is 11.5 Å². The number of nitrogens with two attached hydrogens (primary N) is 1. The van der Waals surface area contributed by atoms with Gasteiger partial charge in [0.15, 0.2) is 5.96 Å². The van der Waals surface area contributed by atoms with E-state index in [0.29, 0.717) is 25.7 Å². The molecule has 5 aliphatic heterocycles. The van der Waals surface area contributed by atoms with Crippen LogP contribution < -0.4 is 20.5 Å². The number of carbonyl (C=O) groups excluding carboxylic acids is 2. The van der Waals surface area contributed by atoms with E-state index >= 15 is 0 Å². The maximum absolute atomic E-state index is 14.0. The summed E-state index contributed by atoms with van der Waals surface area (Å²) in [6.45, 7) is 8.23. The van der Waals surface area contributed by atoms with E-state index in [1.165, 1.54) is 0 Å². The SMILES string of the molecule is CCC12CCC(=O)N[C@H]3CC(C)(C)Oc4ccc(cc43)/C=C/CC[C@]3(CC)CC(=O)N(C(N)=N3)C1c1ccccc1O2. The molecular weight excluding hydrogens is 528 g/mol. The molecule has 5 aliphatic rings. The Bertz CT molecular complexity index is 1470. The number of fused-ring (bicyclic) bond motifs is 7. The minimum absolute atomic E-state index is 0.0494. The van der Waals surface area contributed by atoms with Gasteiger partial charge in [0.05, 0.1) is 18.0 Å². The molecule has 3 N–H and O–H groups in total. The molecule has 2 aromatic carbocycles. The molecule has 0 saturated carbocycles. The molecule has 0 spiro atoms. The molecule has 4 bridgehead atoms. The lowest BCUT2D eigenvalue weighted by atomic mass is 9.81. The van der Waals surface area contributed by atoms with Crippen LogP contribution in [0.5, 0.6) is 11.5 Å². The summed E-state index contributed by atoms with van der Waals surface area (Å²) >= 11 is 0. The second-order valence-corrected chi connectivity index (χ2v) is 12.9. The Kier molecular flexibility index (Phi) is 7.06. The van der Waals surface area contributed by atoms with Crippen LogP contribution in [0.2, 0.25) is 0 Å². The Morgan fingerprint density at radius 3 is 2.57 bits per heavy atom. The largest absolute Gasteiger partial charge is 0.487 e. The first-order chi connectivity index (χ1) is 20.1. The van der Waals surface area contributed by atoms with Gasteiger partial charge in [0, 0.05) is 24.0 Å². The first-order valence-corrected chi connectivity index (χ1v) is 15.3. The van der Waals surface area contributed by atoms with E-state index in [0.717, 1.165) is 41.0 Å². The maximum Gasteiger partial charge on any atom is 0.232 e. The Morgan fingerprint density at radius 1 is 1.02 bits per heavy atom. The number of nitrogens with one attached hydrogen (secondary N) is 1. The van der Waals surface area contributed by atoms with Crippen molar-refractivity contribution in [2.75, 3.05) is 0 Å². The molecule has 2 unspecified atom stereocenters. The number of allylic oxidation sites excluding steroid dienone is 1. The molecule has 8 nitrogen and oxygen atoms in total. The molecule has 0 saturated heterocycles. The van der Waals surface area contributed by atoms with Gasteiger partial charge in [-0.25, -0.2) is 4.99 Å². The summed E-state index contributed by atoms with van der Waals surface area (Å²) in [4.78, 5) is 34.3. The molecule has 7 rings (SSSR count). The van der Waals surface area contributed by atoms with Crippen molar-refractivity contribution in [1.82, 2.24) is 10.2 Å². The summed E-state index contributed by atoms with van der Waals surface area (Å²) in [5.41, 5.74) is 7.84. The highest BCUT2D eigenvalue weighted by Crippen LogP contribution is 2.52. The van der Waals surface area contributed by atoms with Crippen LogP contribution in [0.25, 0.3) is 6.08 Å². The van der Waals surface area contributed by atoms with Crippen molar-refractivity contribution in [3.05, 3.63) is 65.2 Å². The average Bonchev–Trinajstić information content (AvgIpc) is 3.27. The fourth-order valence-corrected chi connectivity index (χ4v) is 7.26. The third-order valence-corrected chi connectivity index (χ3v) is 9.58. The summed E-state index contributed by atoms with van der Waals surface area (Å²) in [5.74, 6) is 1.65. The molecule has 0 radical (unpaired) electrons. The third-order valence-electron chi connectivity index (χ3n) is 9.58. The Hall–Kier alpha value is -3.81. The van der Waals surface area contributed by atoms with Gasteiger partial charge >= 0.3 is 0 Å². The van der Waals surface area contributed by atoms with E-state index < -0.39 is 22.8 Å². The van der Waals surface area contributed by atoms with Crippen LogP contribution in [-0.2, 0) is 9.59 Å². The number of aliphatic imine (C=N–C) groups is 1. The predicted molar refractivity (Wildman–Crippen MR) is 163 cm³/mol. The van der Waals surface area contributed by atoms with Gasteiger partial charge in [0.1, 0.15) is 28.7 Å². The zero-order chi connectivity index (χ0) is 29.7. The van der Waals surface area contributed by atoms with E-state index in [1.54, 1.807) is 4.90 Å². The molecule has 0 fully saturated rings. The molecule has 5 heterocycles. The zero-order valence-corrected chi connectivity index (χ0v) is 25.1. The molecule has 4 atom stereocenters. The Labute approximate surface area is 248 Å². The van der Waals surface area contributed by atoms with Crippen LogP contribution in [-0.4, -0.2) is 39.4 Å². The van der Waals surface area contributed by atoms with Crippen molar-refractivity contribution < 1.29 is 19.1 Å². The summed E-state index contributed by atoms with van der Waals surface area (Å²) in [6.07, 6.45) is 8.62. The van der Waals surface area contributed by atoms with Crippen LogP contribution in [0.3, 0.4) is 0 Å². The number of para-hydroxylation sites is 1. The topological polar surface area (TPSA) is 106 Å². The van der Waals surface area contributed by atoms with Crippen molar-refractivity contribution in [3.63, 3.8) is 0 Å². The second kappa shape index (κ2) is 10.5. The number of amides is 2. The first-order valence-electron chi connectivity index (χ1n) is 15.3. The van der Waals surface area contributed by atoms with Crippen LogP contribution in [0.15, 0.2) is 53.5 Å². The summed E-state index contributed by atoms with van der Waals surface area (Å²) in [5, 5.41) is 3.31. The van der Waals surface area contributed by atoms with Crippen LogP contribution >= 0.6 is 0 Å². The molecule has 8 heteroatoms. The number of hydrogen-bond acceptors (Lipinski definition) is 6. The molecule has 2 aromatic rings. The molecule has 222 valence electrons. The van der Waals surface area contributed by atoms with E-state index in [9.17, 15) is 9.59 Å². The van der Waals surface area contributed by atoms with Crippen molar-refractivity contribution in [1.29, 1.82) is 0 Å². The van der Waals surface area contributed by atoms with E-state index in [-0.39, 0.29) is 36.7 Å². The molecule has 2 amide bonds. The monoisotopic (exact) mass is 570 g/mol. The normalized spacial score (nSPS) is 31.0. The standard InChI is InChI=1S/C34H42N4O4/c1-5-33-17-10-9-11-22-14-15-27-24(19-22)25(20-32(3,4)41-27)36-28(39)16-18-34(6-2)30(23-12-7-8-13-26(23)42-34)38(29(40)21-33)31(35)37-33/h7-9,11-15,19,25,30H,5-6,10,16-18,20-21H2,1-4H3,(H2,35,37)(H,36,39)/b11-9+/t25-,30?,33+,34?/m0/s1. The lowest BCUT2D eigenvalue weighted by molar-refractivity contribution is -0.135. The number of hydrogen-bond donors (Lipinski definition) is 2. The minimum atomic E-state index is -0.822. The highest BCUT2D eigenvalue weighted by atomic mass is 16.5. The van der Waals surface area contributed by atoms with Crippen LogP contribution in [0, 0.1) is 0 Å². The van der Waals surface area contributed by atoms with E-state index in [1.807, 2.05) is 43.3 Å². The van der Waals surface area contributed by atoms with Gasteiger partial charge in [0.2, 0.25) is 11.8 Å². The number of rotatable bonds is 2. The number of ether oxygens (including phenoxy) is 2. The Balaban J connectivity index is 1.43. The minimum Gasteiger partial charge on any atom is -0.487 e. The second-order valence-electron chi connectivity index (χ2n) is 12.9. The van der Waals surface area contributed by atoms with Gasteiger partial charge in [-0.1, -0.05) is 50.3 Å². The molecule has 42 heavy (non-hydrogen) atoms. The number of nitrogens with zero attached hydrogens (tertiary/aromatic N) is 2. The highest BCUT2D eigenvalue weighted by molar-refractivity contribution is 6.00. The van der Waals surface area contributed by atoms with Gasteiger partial charge < -0.3 is 20.5 Å². The van der Waals surface area contributed by atoms with Crippen molar-refractivity contribution in [2.24, 2.45) is 10.7 Å². The number of benzene rings is 2. The predicted octanol–water partition coefficient (Wildman–Crippen LogP) is 5.97. The molecular formula is C34H42N4O4. The molecule has 0 aliphatic carbocycles. The molecule has 0 aromatic heterocycles. The van der Waals surface area contributed by atoms with Gasteiger partial charge in [-0.05, 0) is 69.7 Å². The summed E-state index contributed by atoms with van der Waals surface area (Å²) < 4.78 is 13.0. The first kappa shape index (κ1) is 28.3. The van der Waals surface area contributed by atoms with E-state index in [4.69, 9.17) is 20.2 Å². The number of carbonyl (C=O) groups is 2. The lowest BCUT2D eigenvalue weighted by Crippen LogP contribution is -2.57. The number of guanidine groups is 1. The maximum atomic E-state index is 14.0. The van der Waals surface area contributed by atoms with Crippen LogP contribution in [0.1, 0.15) is 108 Å². The Morgan fingerprint density at radius 2 is 1.81 bits per heavy atom. The fraction of sp³-hybridized carbons (Fsp3) is 0.500. The summed E-state index contributed by atoms with van der Waals surface area (Å²) in [6, 6.07) is 13.3. The lowest BCUT2D eigenvalue weighted by Gasteiger charge is -2.44. The van der Waals surface area contributed by atoms with Gasteiger partial charge in [0.25, 0.3) is 0 Å². The fourth-order valence-electron chi connectivity index (χ4n) is 7.26. The zero-order valence-electron chi connectivity index (χ0n) is 25.1. The highest BCUT2D eigenvalue weighted by Gasteiger charge is 2.54. The third kappa shape index (κ3) is 4.95. The average molecular weight is 571 g/mol. The van der Waals surface area contributed by atoms with Gasteiger partial charge in [-0.15, -0.1) is 0 Å². The van der Waals surface area contributed by atoms with Crippen molar-refractivity contribution in [2.45, 2.75) is 108 Å². The van der Waals surface area contributed by atoms with Gasteiger partial charge in [-0.3, -0.25) is 14.5 Å².